The van der Waals surface area contributed by atoms with Gasteiger partial charge in [0.2, 0.25) is 0 Å². The number of benzene rings is 1. The van der Waals surface area contributed by atoms with Crippen molar-refractivity contribution >= 4 is 0 Å². The maximum absolute atomic E-state index is 10.7. The summed E-state index contributed by atoms with van der Waals surface area (Å²) in [6.45, 7) is 2.11. The molecule has 5 heteroatoms. The first-order valence-electron chi connectivity index (χ1n) is 7.03. The number of rotatable bonds is 6. The predicted molar refractivity (Wildman–Crippen MR) is 80.8 cm³/mol. The van der Waals surface area contributed by atoms with E-state index in [9.17, 15) is 5.11 Å². The Labute approximate surface area is 125 Å². The number of hydrogen-bond acceptors (Lipinski definition) is 4. The number of aromatic nitrogens is 2. The van der Waals surface area contributed by atoms with E-state index in [0.29, 0.717) is 17.1 Å². The smallest absolute Gasteiger partial charge is 0.166 e. The summed E-state index contributed by atoms with van der Waals surface area (Å²) >= 11 is 0. The Kier molecular flexibility index (Phi) is 4.85. The van der Waals surface area contributed by atoms with Crippen LogP contribution in [0.5, 0.6) is 11.5 Å². The van der Waals surface area contributed by atoms with Crippen LogP contribution in [0.2, 0.25) is 0 Å². The second-order valence-corrected chi connectivity index (χ2v) is 4.89. The number of nitrogens with zero attached hydrogens (tertiary/aromatic N) is 2. The van der Waals surface area contributed by atoms with Gasteiger partial charge in [-0.25, -0.2) is 4.98 Å². The molecule has 1 atom stereocenters. The van der Waals surface area contributed by atoms with E-state index in [1.165, 1.54) is 0 Å². The molecule has 0 fully saturated rings. The van der Waals surface area contributed by atoms with Crippen molar-refractivity contribution < 1.29 is 14.6 Å². The number of aliphatic hydroxyl groups is 1. The van der Waals surface area contributed by atoms with Crippen molar-refractivity contribution in [2.24, 2.45) is 7.05 Å². The lowest BCUT2D eigenvalue weighted by atomic mass is 10.1. The van der Waals surface area contributed by atoms with Crippen LogP contribution in [0.1, 0.15) is 36.5 Å². The van der Waals surface area contributed by atoms with Gasteiger partial charge in [0, 0.05) is 19.0 Å². The van der Waals surface area contributed by atoms with Gasteiger partial charge in [0.1, 0.15) is 11.9 Å². The fourth-order valence-corrected chi connectivity index (χ4v) is 2.46. The number of methoxy groups -OCH3 is 2. The average Bonchev–Trinajstić information content (AvgIpc) is 2.87. The van der Waals surface area contributed by atoms with Crippen molar-refractivity contribution in [3.8, 4) is 11.5 Å². The molecule has 21 heavy (non-hydrogen) atoms. The molecule has 1 aromatic carbocycles. The molecule has 1 aromatic heterocycles. The van der Waals surface area contributed by atoms with Gasteiger partial charge in [-0.2, -0.15) is 0 Å². The van der Waals surface area contributed by atoms with Crippen LogP contribution in [0, 0.1) is 0 Å². The van der Waals surface area contributed by atoms with Crippen molar-refractivity contribution in [1.29, 1.82) is 0 Å². The minimum Gasteiger partial charge on any atom is -0.493 e. The van der Waals surface area contributed by atoms with Gasteiger partial charge in [0.25, 0.3) is 0 Å². The highest BCUT2D eigenvalue weighted by atomic mass is 16.5. The summed E-state index contributed by atoms with van der Waals surface area (Å²) in [6.07, 6.45) is 2.81. The van der Waals surface area contributed by atoms with Gasteiger partial charge in [0.15, 0.2) is 11.5 Å². The summed E-state index contributed by atoms with van der Waals surface area (Å²) in [6, 6.07) is 5.47. The lowest BCUT2D eigenvalue weighted by Crippen LogP contribution is -2.09. The monoisotopic (exact) mass is 290 g/mol. The summed E-state index contributed by atoms with van der Waals surface area (Å²) in [7, 11) is 5.07. The summed E-state index contributed by atoms with van der Waals surface area (Å²) in [5.41, 5.74) is 1.41. The average molecular weight is 290 g/mol. The van der Waals surface area contributed by atoms with Gasteiger partial charge in [-0.1, -0.05) is 19.1 Å². The van der Waals surface area contributed by atoms with Gasteiger partial charge < -0.3 is 19.1 Å². The molecule has 0 aliphatic rings. The number of para-hydroxylation sites is 1. The predicted octanol–water partition coefficient (Wildman–Crippen LogP) is 2.47. The molecule has 0 bridgehead atoms. The molecular weight excluding hydrogens is 268 g/mol. The summed E-state index contributed by atoms with van der Waals surface area (Å²) < 4.78 is 12.6. The first-order chi connectivity index (χ1) is 10.1. The Hall–Kier alpha value is -2.01. The van der Waals surface area contributed by atoms with Crippen molar-refractivity contribution in [3.05, 3.63) is 41.5 Å². The maximum Gasteiger partial charge on any atom is 0.166 e. The van der Waals surface area contributed by atoms with Crippen LogP contribution in [0.4, 0.5) is 0 Å². The Morgan fingerprint density at radius 1 is 1.29 bits per heavy atom. The van der Waals surface area contributed by atoms with Crippen molar-refractivity contribution in [3.63, 3.8) is 0 Å². The lowest BCUT2D eigenvalue weighted by Gasteiger charge is -2.17. The molecule has 0 unspecified atom stereocenters. The van der Waals surface area contributed by atoms with Crippen LogP contribution in [-0.2, 0) is 13.5 Å². The first kappa shape index (κ1) is 15.4. The molecule has 0 aliphatic carbocycles. The molecule has 0 aliphatic heterocycles. The van der Waals surface area contributed by atoms with Gasteiger partial charge in [0.05, 0.1) is 26.1 Å². The molecule has 5 nitrogen and oxygen atoms in total. The topological polar surface area (TPSA) is 56.5 Å². The van der Waals surface area contributed by atoms with Gasteiger partial charge >= 0.3 is 0 Å². The second kappa shape index (κ2) is 6.63. The summed E-state index contributed by atoms with van der Waals surface area (Å²) in [5.74, 6) is 2.11. The molecular formula is C16H22N2O3. The fraction of sp³-hybridized carbons (Fsp3) is 0.438. The summed E-state index contributed by atoms with van der Waals surface area (Å²) in [5, 5.41) is 10.7. The number of hydrogen-bond donors (Lipinski definition) is 1. The van der Waals surface area contributed by atoms with Crippen LogP contribution in [-0.4, -0.2) is 28.9 Å². The zero-order valence-corrected chi connectivity index (χ0v) is 13.0. The Balaban J connectivity index is 2.42. The third kappa shape index (κ3) is 2.88. The normalized spacial score (nSPS) is 12.2. The molecule has 0 spiro atoms. The van der Waals surface area contributed by atoms with Crippen molar-refractivity contribution in [2.75, 3.05) is 14.2 Å². The molecule has 2 aromatic rings. The minimum atomic E-state index is -0.807. The third-order valence-corrected chi connectivity index (χ3v) is 3.60. The standard InChI is InChI=1S/C16H22N2O3/c1-5-7-14-17-10-12(18(14)2)15(19)11-8-6-9-13(20-3)16(11)21-4/h6,8-10,15,19H,5,7H2,1-4H3/t15-/m1/s1. The SMILES string of the molecule is CCCc1ncc([C@H](O)c2cccc(OC)c2OC)n1C. The molecule has 114 valence electrons. The third-order valence-electron chi connectivity index (χ3n) is 3.60. The molecule has 2 rings (SSSR count). The Morgan fingerprint density at radius 2 is 2.05 bits per heavy atom. The zero-order valence-electron chi connectivity index (χ0n) is 13.0. The highest BCUT2D eigenvalue weighted by Crippen LogP contribution is 2.37. The number of aliphatic hydroxyl groups excluding tert-OH is 1. The van der Waals surface area contributed by atoms with Crippen LogP contribution in [0.3, 0.4) is 0 Å². The van der Waals surface area contributed by atoms with Crippen LogP contribution >= 0.6 is 0 Å². The van der Waals surface area contributed by atoms with Gasteiger partial charge in [-0.3, -0.25) is 0 Å². The molecule has 0 saturated carbocycles. The van der Waals surface area contributed by atoms with E-state index < -0.39 is 6.10 Å². The lowest BCUT2D eigenvalue weighted by molar-refractivity contribution is 0.204. The first-order valence-corrected chi connectivity index (χ1v) is 7.03. The maximum atomic E-state index is 10.7. The minimum absolute atomic E-state index is 0.547. The molecule has 0 radical (unpaired) electrons. The zero-order chi connectivity index (χ0) is 15.4. The number of imidazole rings is 1. The molecule has 0 amide bonds. The van der Waals surface area contributed by atoms with Crippen molar-refractivity contribution in [1.82, 2.24) is 9.55 Å². The van der Waals surface area contributed by atoms with Gasteiger partial charge in [-0.15, -0.1) is 0 Å². The highest BCUT2D eigenvalue weighted by Gasteiger charge is 2.22. The molecule has 0 saturated heterocycles. The largest absolute Gasteiger partial charge is 0.493 e. The van der Waals surface area contributed by atoms with Crippen molar-refractivity contribution in [2.45, 2.75) is 25.9 Å². The van der Waals surface area contributed by atoms with E-state index in [1.807, 2.05) is 23.7 Å². The van der Waals surface area contributed by atoms with E-state index in [2.05, 4.69) is 11.9 Å². The van der Waals surface area contributed by atoms with Crippen LogP contribution < -0.4 is 9.47 Å². The van der Waals surface area contributed by atoms with E-state index >= 15 is 0 Å². The number of aryl methyl sites for hydroxylation is 1. The Morgan fingerprint density at radius 3 is 2.67 bits per heavy atom. The van der Waals surface area contributed by atoms with E-state index in [-0.39, 0.29) is 0 Å². The van der Waals surface area contributed by atoms with Gasteiger partial charge in [-0.05, 0) is 12.5 Å². The fourth-order valence-electron chi connectivity index (χ4n) is 2.46. The second-order valence-electron chi connectivity index (χ2n) is 4.89. The van der Waals surface area contributed by atoms with E-state index in [0.717, 1.165) is 24.4 Å². The quantitative estimate of drug-likeness (QED) is 0.888. The summed E-state index contributed by atoms with van der Waals surface area (Å²) in [4.78, 5) is 4.38. The molecule has 1 N–H and O–H groups in total. The van der Waals surface area contributed by atoms with Crippen LogP contribution in [0.15, 0.2) is 24.4 Å². The van der Waals surface area contributed by atoms with Crippen LogP contribution in [0.25, 0.3) is 0 Å². The molecule has 1 heterocycles. The van der Waals surface area contributed by atoms with E-state index in [4.69, 9.17) is 9.47 Å². The Bertz CT molecular complexity index is 608. The number of ether oxygens (including phenoxy) is 2. The highest BCUT2D eigenvalue weighted by molar-refractivity contribution is 5.49. The van der Waals surface area contributed by atoms with E-state index in [1.54, 1.807) is 26.5 Å².